The third kappa shape index (κ3) is 5.01. The summed E-state index contributed by atoms with van der Waals surface area (Å²) >= 11 is 0. The molecule has 0 aliphatic heterocycles. The molecule has 0 saturated carbocycles. The molecule has 0 unspecified atom stereocenters. The summed E-state index contributed by atoms with van der Waals surface area (Å²) in [6.45, 7) is 3.97. The van der Waals surface area contributed by atoms with Crippen molar-refractivity contribution in [1.29, 1.82) is 0 Å². The van der Waals surface area contributed by atoms with Crippen molar-refractivity contribution in [3.63, 3.8) is 0 Å². The highest BCUT2D eigenvalue weighted by Gasteiger charge is 2.15. The van der Waals surface area contributed by atoms with Crippen LogP contribution in [0.15, 0.2) is 65.3 Å². The molecule has 3 aromatic rings. The largest absolute Gasteiger partial charge is 0.467 e. The summed E-state index contributed by atoms with van der Waals surface area (Å²) in [6, 6.07) is 16.3. The van der Waals surface area contributed by atoms with Crippen molar-refractivity contribution in [2.45, 2.75) is 20.4 Å². The Morgan fingerprint density at radius 3 is 2.57 bits per heavy atom. The zero-order chi connectivity index (χ0) is 19.9. The van der Waals surface area contributed by atoms with Crippen molar-refractivity contribution < 1.29 is 18.7 Å². The smallest absolute Gasteiger partial charge is 0.340 e. The van der Waals surface area contributed by atoms with Crippen LogP contribution < -0.4 is 10.6 Å². The normalized spacial score (nSPS) is 10.4. The SMILES string of the molecule is Cc1ccc(NC(=O)COC(=O)c2ccccc2NCc2ccco2)c(C)c1. The lowest BCUT2D eigenvalue weighted by atomic mass is 10.1. The first-order valence-corrected chi connectivity index (χ1v) is 8.92. The molecule has 6 heteroatoms. The van der Waals surface area contributed by atoms with Gasteiger partial charge < -0.3 is 19.8 Å². The van der Waals surface area contributed by atoms with E-state index in [2.05, 4.69) is 10.6 Å². The number of anilines is 2. The first kappa shape index (κ1) is 19.2. The number of rotatable bonds is 7. The van der Waals surface area contributed by atoms with Crippen molar-refractivity contribution in [3.05, 3.63) is 83.3 Å². The van der Waals surface area contributed by atoms with Gasteiger partial charge in [-0.15, -0.1) is 0 Å². The van der Waals surface area contributed by atoms with Gasteiger partial charge in [-0.1, -0.05) is 29.8 Å². The molecule has 28 heavy (non-hydrogen) atoms. The minimum atomic E-state index is -0.571. The lowest BCUT2D eigenvalue weighted by Crippen LogP contribution is -2.21. The quantitative estimate of drug-likeness (QED) is 0.599. The molecule has 2 N–H and O–H groups in total. The minimum Gasteiger partial charge on any atom is -0.467 e. The summed E-state index contributed by atoms with van der Waals surface area (Å²) in [5, 5.41) is 5.90. The fraction of sp³-hybridized carbons (Fsp3) is 0.182. The fourth-order valence-corrected chi connectivity index (χ4v) is 2.76. The first-order chi connectivity index (χ1) is 13.5. The Morgan fingerprint density at radius 2 is 1.82 bits per heavy atom. The molecule has 0 radical (unpaired) electrons. The molecule has 0 atom stereocenters. The number of para-hydroxylation sites is 1. The standard InChI is InChI=1S/C22H22N2O4/c1-15-9-10-19(16(2)12-15)24-21(25)14-28-22(26)18-7-3-4-8-20(18)23-13-17-6-5-11-27-17/h3-12,23H,13-14H2,1-2H3,(H,24,25). The van der Waals surface area contributed by atoms with Crippen molar-refractivity contribution in [3.8, 4) is 0 Å². The summed E-state index contributed by atoms with van der Waals surface area (Å²) in [4.78, 5) is 24.6. The number of furan rings is 1. The van der Waals surface area contributed by atoms with E-state index in [1.165, 1.54) is 0 Å². The number of carbonyl (C=O) groups is 2. The highest BCUT2D eigenvalue weighted by atomic mass is 16.5. The van der Waals surface area contributed by atoms with E-state index in [0.29, 0.717) is 23.5 Å². The van der Waals surface area contributed by atoms with Crippen LogP contribution in [0.5, 0.6) is 0 Å². The zero-order valence-electron chi connectivity index (χ0n) is 15.8. The Kier molecular flexibility index (Phi) is 6.11. The molecule has 2 aromatic carbocycles. The van der Waals surface area contributed by atoms with Gasteiger partial charge in [-0.2, -0.15) is 0 Å². The van der Waals surface area contributed by atoms with Gasteiger partial charge >= 0.3 is 5.97 Å². The van der Waals surface area contributed by atoms with Crippen LogP contribution in [-0.4, -0.2) is 18.5 Å². The maximum Gasteiger partial charge on any atom is 0.340 e. The van der Waals surface area contributed by atoms with Crippen molar-refractivity contribution in [1.82, 2.24) is 0 Å². The van der Waals surface area contributed by atoms with Gasteiger partial charge in [0.15, 0.2) is 6.61 Å². The molecule has 1 heterocycles. The molecule has 0 bridgehead atoms. The number of ether oxygens (including phenoxy) is 1. The van der Waals surface area contributed by atoms with E-state index < -0.39 is 5.97 Å². The maximum absolute atomic E-state index is 12.4. The lowest BCUT2D eigenvalue weighted by Gasteiger charge is -2.12. The van der Waals surface area contributed by atoms with E-state index in [4.69, 9.17) is 9.15 Å². The molecule has 3 rings (SSSR count). The van der Waals surface area contributed by atoms with Gasteiger partial charge in [0.25, 0.3) is 5.91 Å². The molecular weight excluding hydrogens is 356 g/mol. The van der Waals surface area contributed by atoms with Crippen LogP contribution in [0.2, 0.25) is 0 Å². The number of hydrogen-bond acceptors (Lipinski definition) is 5. The van der Waals surface area contributed by atoms with Crippen molar-refractivity contribution in [2.24, 2.45) is 0 Å². The predicted octanol–water partition coefficient (Wildman–Crippen LogP) is 4.30. The number of nitrogens with one attached hydrogen (secondary N) is 2. The highest BCUT2D eigenvalue weighted by molar-refractivity contribution is 5.98. The third-order valence-corrected chi connectivity index (χ3v) is 4.17. The fourth-order valence-electron chi connectivity index (χ4n) is 2.76. The molecule has 0 fully saturated rings. The Hall–Kier alpha value is -3.54. The average Bonchev–Trinajstić information content (AvgIpc) is 3.20. The summed E-state index contributed by atoms with van der Waals surface area (Å²) in [5.41, 5.74) is 3.73. The maximum atomic E-state index is 12.4. The number of amides is 1. The predicted molar refractivity (Wildman–Crippen MR) is 107 cm³/mol. The second-order valence-corrected chi connectivity index (χ2v) is 6.42. The van der Waals surface area contributed by atoms with Gasteiger partial charge in [-0.05, 0) is 49.7 Å². The summed E-state index contributed by atoms with van der Waals surface area (Å²) in [7, 11) is 0. The van der Waals surface area contributed by atoms with E-state index in [1.807, 2.05) is 44.2 Å². The number of hydrogen-bond donors (Lipinski definition) is 2. The second kappa shape index (κ2) is 8.90. The number of esters is 1. The highest BCUT2D eigenvalue weighted by Crippen LogP contribution is 2.18. The summed E-state index contributed by atoms with van der Waals surface area (Å²) in [5.74, 6) is -0.212. The van der Waals surface area contributed by atoms with E-state index >= 15 is 0 Å². The molecule has 1 aromatic heterocycles. The Labute approximate surface area is 163 Å². The molecule has 0 saturated heterocycles. The van der Waals surface area contributed by atoms with E-state index in [1.54, 1.807) is 30.5 Å². The average molecular weight is 378 g/mol. The van der Waals surface area contributed by atoms with E-state index in [-0.39, 0.29) is 12.5 Å². The van der Waals surface area contributed by atoms with Gasteiger partial charge in [-0.3, -0.25) is 4.79 Å². The molecule has 1 amide bonds. The Bertz CT molecular complexity index is 964. The first-order valence-electron chi connectivity index (χ1n) is 8.92. The number of carbonyl (C=O) groups excluding carboxylic acids is 2. The van der Waals surface area contributed by atoms with Gasteiger partial charge in [-0.25, -0.2) is 4.79 Å². The van der Waals surface area contributed by atoms with Crippen LogP contribution in [-0.2, 0) is 16.1 Å². The molecule has 144 valence electrons. The van der Waals surface area contributed by atoms with Crippen LogP contribution in [0.4, 0.5) is 11.4 Å². The summed E-state index contributed by atoms with van der Waals surface area (Å²) < 4.78 is 10.5. The topological polar surface area (TPSA) is 80.6 Å². The number of aryl methyl sites for hydroxylation is 2. The third-order valence-electron chi connectivity index (χ3n) is 4.17. The van der Waals surface area contributed by atoms with Crippen molar-refractivity contribution >= 4 is 23.3 Å². The molecule has 0 spiro atoms. The zero-order valence-corrected chi connectivity index (χ0v) is 15.8. The van der Waals surface area contributed by atoms with Gasteiger partial charge in [0.05, 0.1) is 18.4 Å². The molecular formula is C22H22N2O4. The Morgan fingerprint density at radius 1 is 1.00 bits per heavy atom. The number of benzene rings is 2. The van der Waals surface area contributed by atoms with Crippen LogP contribution >= 0.6 is 0 Å². The minimum absolute atomic E-state index is 0.355. The van der Waals surface area contributed by atoms with Gasteiger partial charge in [0.2, 0.25) is 0 Å². The second-order valence-electron chi connectivity index (χ2n) is 6.42. The molecule has 0 aliphatic rings. The van der Waals surface area contributed by atoms with Crippen LogP contribution in [0.3, 0.4) is 0 Å². The van der Waals surface area contributed by atoms with Crippen LogP contribution in [0.1, 0.15) is 27.2 Å². The van der Waals surface area contributed by atoms with Crippen LogP contribution in [0.25, 0.3) is 0 Å². The van der Waals surface area contributed by atoms with Gasteiger partial charge in [0.1, 0.15) is 5.76 Å². The molecule has 6 nitrogen and oxygen atoms in total. The monoisotopic (exact) mass is 378 g/mol. The molecule has 0 aliphatic carbocycles. The Balaban J connectivity index is 1.57. The van der Waals surface area contributed by atoms with E-state index in [0.717, 1.165) is 16.9 Å². The summed E-state index contributed by atoms with van der Waals surface area (Å²) in [6.07, 6.45) is 1.59. The van der Waals surface area contributed by atoms with E-state index in [9.17, 15) is 9.59 Å². The van der Waals surface area contributed by atoms with Crippen molar-refractivity contribution in [2.75, 3.05) is 17.2 Å². The lowest BCUT2D eigenvalue weighted by molar-refractivity contribution is -0.119. The van der Waals surface area contributed by atoms with Crippen LogP contribution in [0, 0.1) is 13.8 Å². The van der Waals surface area contributed by atoms with Gasteiger partial charge in [0, 0.05) is 11.4 Å².